The molecule has 2 aromatic carbocycles. The number of aromatic nitrogens is 1. The van der Waals surface area contributed by atoms with E-state index in [4.69, 9.17) is 38.1 Å². The molecule has 0 spiro atoms. The fourth-order valence-corrected chi connectivity index (χ4v) is 3.22. The first-order valence-corrected chi connectivity index (χ1v) is 10.6. The maximum absolute atomic E-state index is 11.1. The molecule has 1 heterocycles. The number of hydrazine groups is 2. The lowest BCUT2D eigenvalue weighted by Gasteiger charge is -2.17. The van der Waals surface area contributed by atoms with Gasteiger partial charge < -0.3 is 36.6 Å². The Bertz CT molecular complexity index is 1350. The third-order valence-electron chi connectivity index (χ3n) is 5.20. The second-order valence-corrected chi connectivity index (χ2v) is 7.77. The summed E-state index contributed by atoms with van der Waals surface area (Å²) in [5.74, 6) is 8.82. The fourth-order valence-electron chi connectivity index (χ4n) is 3.22. The summed E-state index contributed by atoms with van der Waals surface area (Å²) in [7, 11) is 1.42. The summed E-state index contributed by atoms with van der Waals surface area (Å²) >= 11 is 0. The number of pyridine rings is 1. The minimum absolute atomic E-state index is 0.0704. The van der Waals surface area contributed by atoms with E-state index < -0.39 is 23.4 Å². The molecule has 0 bridgehead atoms. The number of ether oxygens (including phenoxy) is 1. The van der Waals surface area contributed by atoms with Crippen molar-refractivity contribution < 1.29 is 34.8 Å². The third-order valence-corrected chi connectivity index (χ3v) is 5.20. The Kier molecular flexibility index (Phi) is 7.90. The number of phenols is 2. The maximum atomic E-state index is 11.1. The van der Waals surface area contributed by atoms with E-state index >= 15 is 0 Å². The number of nitrogens with two attached hydrogens (primary N) is 4. The van der Waals surface area contributed by atoms with Gasteiger partial charge in [-0.15, -0.1) is 0 Å². The summed E-state index contributed by atoms with van der Waals surface area (Å²) in [6.07, 6.45) is 2.59. The Morgan fingerprint density at radius 2 is 1.18 bits per heavy atom. The van der Waals surface area contributed by atoms with E-state index in [1.54, 1.807) is 0 Å². The zero-order valence-electron chi connectivity index (χ0n) is 19.9. The average Bonchev–Trinajstić information content (AvgIpc) is 2.87. The summed E-state index contributed by atoms with van der Waals surface area (Å²) in [5, 5.41) is 40.1. The highest BCUT2D eigenvalue weighted by Crippen LogP contribution is 2.27. The van der Waals surface area contributed by atoms with Crippen LogP contribution in [0.2, 0.25) is 0 Å². The van der Waals surface area contributed by atoms with Crippen LogP contribution in [0.1, 0.15) is 32.1 Å². The molecule has 0 fully saturated rings. The topological polar surface area (TPSA) is 248 Å². The van der Waals surface area contributed by atoms with E-state index in [0.717, 1.165) is 22.2 Å². The zero-order chi connectivity index (χ0) is 28.1. The molecule has 0 saturated carbocycles. The first kappa shape index (κ1) is 27.1. The molecule has 0 aliphatic heterocycles. The third kappa shape index (κ3) is 6.01. The number of carboxylic acid groups (broad SMARTS) is 2. The van der Waals surface area contributed by atoms with Gasteiger partial charge in [-0.2, -0.15) is 0 Å². The van der Waals surface area contributed by atoms with Crippen LogP contribution in [0.15, 0.2) is 60.9 Å². The van der Waals surface area contributed by atoms with Crippen molar-refractivity contribution in [1.82, 2.24) is 4.98 Å². The molecule has 0 atom stereocenters. The maximum Gasteiger partial charge on any atom is 0.339 e. The highest BCUT2D eigenvalue weighted by atomic mass is 16.5. The number of aromatic carboxylic acids is 2. The van der Waals surface area contributed by atoms with Crippen molar-refractivity contribution in [2.24, 2.45) is 23.2 Å². The predicted octanol–water partition coefficient (Wildman–Crippen LogP) is 1.17. The molecule has 3 rings (SSSR count). The van der Waals surface area contributed by atoms with E-state index in [1.807, 2.05) is 0 Å². The molecular formula is C24H25N7O7. The van der Waals surface area contributed by atoms with Gasteiger partial charge in [-0.3, -0.25) is 10.0 Å². The number of carbonyl (C=O) groups is 2. The van der Waals surface area contributed by atoms with Crippen molar-refractivity contribution in [2.75, 3.05) is 17.1 Å². The summed E-state index contributed by atoms with van der Waals surface area (Å²) in [4.78, 5) is 26.6. The normalized spacial score (nSPS) is 11.7. The second-order valence-electron chi connectivity index (χ2n) is 7.77. The monoisotopic (exact) mass is 523 g/mol. The molecule has 14 nitrogen and oxygen atoms in total. The van der Waals surface area contributed by atoms with E-state index in [-0.39, 0.29) is 45.3 Å². The average molecular weight is 524 g/mol. The van der Waals surface area contributed by atoms with Gasteiger partial charge in [0.2, 0.25) is 0 Å². The van der Waals surface area contributed by atoms with Crippen LogP contribution in [0.5, 0.6) is 17.2 Å². The van der Waals surface area contributed by atoms with Gasteiger partial charge in [0.05, 0.1) is 41.3 Å². The lowest BCUT2D eigenvalue weighted by atomic mass is 10.1. The molecule has 0 aliphatic rings. The van der Waals surface area contributed by atoms with E-state index in [2.05, 4.69) is 4.98 Å². The molecule has 198 valence electrons. The molecule has 12 N–H and O–H groups in total. The van der Waals surface area contributed by atoms with Gasteiger partial charge >= 0.3 is 11.9 Å². The number of methoxy groups -OCH3 is 1. The SMILES string of the molecule is COc1cc(/C(N)=C/N(N)c2ccc(C(=O)O)c(O)c2)nc(/C(N)=C/N(N)c2ccc(C(=O)O)c(O)c2)c1. The fraction of sp³-hybridized carbons (Fsp3) is 0.0417. The van der Waals surface area contributed by atoms with Crippen molar-refractivity contribution in [3.05, 3.63) is 83.4 Å². The quantitative estimate of drug-likeness (QED) is 0.145. The van der Waals surface area contributed by atoms with Crippen molar-refractivity contribution in [2.45, 2.75) is 0 Å². The summed E-state index contributed by atoms with van der Waals surface area (Å²) in [5.41, 5.74) is 12.8. The van der Waals surface area contributed by atoms with Crippen LogP contribution in [0.3, 0.4) is 0 Å². The van der Waals surface area contributed by atoms with Crippen LogP contribution in [0, 0.1) is 0 Å². The Balaban J connectivity index is 1.91. The largest absolute Gasteiger partial charge is 0.507 e. The molecular weight excluding hydrogens is 498 g/mol. The highest BCUT2D eigenvalue weighted by molar-refractivity contribution is 5.92. The number of hydrogen-bond acceptors (Lipinski definition) is 12. The number of nitrogens with zero attached hydrogens (tertiary/aromatic N) is 3. The van der Waals surface area contributed by atoms with E-state index in [9.17, 15) is 19.8 Å². The number of aromatic hydroxyl groups is 2. The Labute approximate surface area is 215 Å². The van der Waals surface area contributed by atoms with Gasteiger partial charge in [0.15, 0.2) is 0 Å². The van der Waals surface area contributed by atoms with Crippen molar-refractivity contribution in [1.29, 1.82) is 0 Å². The summed E-state index contributed by atoms with van der Waals surface area (Å²) in [6, 6.07) is 10.5. The summed E-state index contributed by atoms with van der Waals surface area (Å²) < 4.78 is 5.31. The lowest BCUT2D eigenvalue weighted by molar-refractivity contribution is 0.0682. The van der Waals surface area contributed by atoms with E-state index in [1.165, 1.54) is 55.9 Å². The molecule has 1 aromatic heterocycles. The predicted molar refractivity (Wildman–Crippen MR) is 139 cm³/mol. The minimum atomic E-state index is -1.29. The van der Waals surface area contributed by atoms with Gasteiger partial charge in [0, 0.05) is 36.7 Å². The van der Waals surface area contributed by atoms with E-state index in [0.29, 0.717) is 5.75 Å². The first-order chi connectivity index (χ1) is 17.9. The molecule has 3 aromatic rings. The molecule has 0 saturated heterocycles. The second kappa shape index (κ2) is 11.1. The Hall–Kier alpha value is -5.47. The van der Waals surface area contributed by atoms with Crippen LogP contribution in [0.4, 0.5) is 11.4 Å². The molecule has 0 amide bonds. The molecule has 0 aliphatic carbocycles. The number of carboxylic acids is 2. The van der Waals surface area contributed by atoms with Crippen LogP contribution in [-0.2, 0) is 0 Å². The van der Waals surface area contributed by atoms with Crippen LogP contribution < -0.4 is 37.9 Å². The summed E-state index contributed by atoms with van der Waals surface area (Å²) in [6.45, 7) is 0. The zero-order valence-corrected chi connectivity index (χ0v) is 19.9. The number of benzene rings is 2. The Morgan fingerprint density at radius 3 is 1.50 bits per heavy atom. The number of anilines is 2. The highest BCUT2D eigenvalue weighted by Gasteiger charge is 2.14. The Morgan fingerprint density at radius 1 is 0.789 bits per heavy atom. The lowest BCUT2D eigenvalue weighted by Crippen LogP contribution is -2.26. The smallest absolute Gasteiger partial charge is 0.339 e. The molecule has 14 heteroatoms. The van der Waals surface area contributed by atoms with Gasteiger partial charge in [0.1, 0.15) is 28.4 Å². The van der Waals surface area contributed by atoms with Gasteiger partial charge in [-0.1, -0.05) is 0 Å². The first-order valence-electron chi connectivity index (χ1n) is 10.6. The van der Waals surface area contributed by atoms with Gasteiger partial charge in [0.25, 0.3) is 0 Å². The minimum Gasteiger partial charge on any atom is -0.507 e. The van der Waals surface area contributed by atoms with Crippen molar-refractivity contribution in [3.63, 3.8) is 0 Å². The van der Waals surface area contributed by atoms with Gasteiger partial charge in [-0.05, 0) is 24.3 Å². The van der Waals surface area contributed by atoms with Crippen LogP contribution in [0.25, 0.3) is 11.4 Å². The van der Waals surface area contributed by atoms with Crippen LogP contribution >= 0.6 is 0 Å². The molecule has 38 heavy (non-hydrogen) atoms. The van der Waals surface area contributed by atoms with Gasteiger partial charge in [-0.25, -0.2) is 26.3 Å². The molecule has 0 radical (unpaired) electrons. The number of rotatable bonds is 9. The van der Waals surface area contributed by atoms with Crippen molar-refractivity contribution >= 4 is 34.7 Å². The number of hydrogen-bond donors (Lipinski definition) is 8. The standard InChI is InChI=1S/C24H25N7O7/c1-38-14-8-19(17(25)10-30(27)12-2-4-15(23(34)35)21(32)6-12)29-20(9-14)18(26)11-31(28)13-3-5-16(24(36)37)22(33)7-13/h2-11,32-33H,25-28H2,1H3,(H,34,35)(H,36,37)/b17-10-,18-11-. The van der Waals surface area contributed by atoms with Crippen LogP contribution in [-0.4, -0.2) is 44.5 Å². The molecule has 0 unspecified atom stereocenters. The van der Waals surface area contributed by atoms with Crippen molar-refractivity contribution in [3.8, 4) is 17.2 Å².